The second-order valence-corrected chi connectivity index (χ2v) is 10.8. The Morgan fingerprint density at radius 1 is 0.919 bits per heavy atom. The van der Waals surface area contributed by atoms with Crippen molar-refractivity contribution in [2.45, 2.75) is 64.3 Å². The summed E-state index contributed by atoms with van der Waals surface area (Å²) < 4.78 is 5.65. The van der Waals surface area contributed by atoms with Crippen molar-refractivity contribution < 1.29 is 9.84 Å². The van der Waals surface area contributed by atoms with Gasteiger partial charge in [0.2, 0.25) is 0 Å². The predicted octanol–water partition coefficient (Wildman–Crippen LogP) is 6.73. The normalized spacial score (nSPS) is 17.8. The van der Waals surface area contributed by atoms with Gasteiger partial charge in [0.1, 0.15) is 11.5 Å². The Morgan fingerprint density at radius 2 is 1.70 bits per heavy atom. The van der Waals surface area contributed by atoms with Gasteiger partial charge in [0.25, 0.3) is 0 Å². The fourth-order valence-corrected chi connectivity index (χ4v) is 6.15. The standard InChI is InChI=1S/C33H42N2O2/c1-3-35(24-26-9-7-25(8-10-26)17-20-34-18-5-4-6-19-34)33-23-31(37-2)15-16-32(33)29-12-11-28-22-30(36)14-13-27(28)21-29/h7-10,13-16,22-23,29,36H,3-6,11-12,17-21,24H2,1-2H3/t29-/m1/s1. The van der Waals surface area contributed by atoms with Crippen molar-refractivity contribution in [1.29, 1.82) is 0 Å². The first-order chi connectivity index (χ1) is 18.1. The summed E-state index contributed by atoms with van der Waals surface area (Å²) in [6.07, 6.45) is 8.36. The number of phenolic OH excluding ortho intramolecular Hbond substituents is 1. The second-order valence-electron chi connectivity index (χ2n) is 10.8. The van der Waals surface area contributed by atoms with Gasteiger partial charge >= 0.3 is 0 Å². The minimum Gasteiger partial charge on any atom is -0.508 e. The SMILES string of the molecule is CCN(Cc1ccc(CCN2CCCCC2)cc1)c1cc(OC)ccc1[C@@H]1CCc2cc(O)ccc2C1. The number of hydrogen-bond donors (Lipinski definition) is 1. The Bertz CT molecular complexity index is 1170. The van der Waals surface area contributed by atoms with Crippen molar-refractivity contribution in [2.75, 3.05) is 38.2 Å². The van der Waals surface area contributed by atoms with Crippen LogP contribution in [0.3, 0.4) is 0 Å². The molecular weight excluding hydrogens is 456 g/mol. The van der Waals surface area contributed by atoms with Gasteiger partial charge in [0.15, 0.2) is 0 Å². The summed E-state index contributed by atoms with van der Waals surface area (Å²) in [5.41, 5.74) is 8.12. The highest BCUT2D eigenvalue weighted by atomic mass is 16.5. The van der Waals surface area contributed by atoms with Crippen molar-refractivity contribution >= 4 is 5.69 Å². The highest BCUT2D eigenvalue weighted by Crippen LogP contribution is 2.40. The predicted molar refractivity (Wildman–Crippen MR) is 153 cm³/mol. The highest BCUT2D eigenvalue weighted by molar-refractivity contribution is 5.60. The van der Waals surface area contributed by atoms with Crippen LogP contribution >= 0.6 is 0 Å². The number of rotatable bonds is 9. The zero-order chi connectivity index (χ0) is 25.6. The average Bonchev–Trinajstić information content (AvgIpc) is 2.95. The van der Waals surface area contributed by atoms with Crippen LogP contribution in [0, 0.1) is 0 Å². The van der Waals surface area contributed by atoms with E-state index in [0.717, 1.165) is 44.5 Å². The van der Waals surface area contributed by atoms with Gasteiger partial charge in [-0.3, -0.25) is 0 Å². The van der Waals surface area contributed by atoms with Gasteiger partial charge in [-0.2, -0.15) is 0 Å². The van der Waals surface area contributed by atoms with Crippen molar-refractivity contribution in [3.05, 3.63) is 88.5 Å². The number of aromatic hydroxyl groups is 1. The number of methoxy groups -OCH3 is 1. The lowest BCUT2D eigenvalue weighted by atomic mass is 9.79. The van der Waals surface area contributed by atoms with Crippen molar-refractivity contribution in [3.63, 3.8) is 0 Å². The third kappa shape index (κ3) is 6.30. The Labute approximate surface area is 222 Å². The molecule has 1 aliphatic heterocycles. The Morgan fingerprint density at radius 3 is 2.46 bits per heavy atom. The first-order valence-electron chi connectivity index (χ1n) is 14.2. The van der Waals surface area contributed by atoms with Crippen LogP contribution in [0.1, 0.15) is 66.3 Å². The minimum absolute atomic E-state index is 0.372. The number of phenols is 1. The van der Waals surface area contributed by atoms with Crippen LogP contribution in [0.2, 0.25) is 0 Å². The third-order valence-corrected chi connectivity index (χ3v) is 8.38. The maximum absolute atomic E-state index is 9.90. The summed E-state index contributed by atoms with van der Waals surface area (Å²) >= 11 is 0. The largest absolute Gasteiger partial charge is 0.508 e. The van der Waals surface area contributed by atoms with E-state index in [1.807, 2.05) is 12.1 Å². The maximum Gasteiger partial charge on any atom is 0.120 e. The Kier molecular flexibility index (Phi) is 8.35. The maximum atomic E-state index is 9.90. The third-order valence-electron chi connectivity index (χ3n) is 8.38. The molecule has 2 aliphatic rings. The molecule has 4 nitrogen and oxygen atoms in total. The molecule has 1 fully saturated rings. The van der Waals surface area contributed by atoms with Crippen molar-refractivity contribution in [1.82, 2.24) is 4.90 Å². The summed E-state index contributed by atoms with van der Waals surface area (Å²) in [6.45, 7) is 7.78. The molecule has 37 heavy (non-hydrogen) atoms. The Hall–Kier alpha value is -2.98. The number of hydrogen-bond acceptors (Lipinski definition) is 4. The van der Waals surface area contributed by atoms with Gasteiger partial charge in [-0.05, 0) is 110 Å². The van der Waals surface area contributed by atoms with Crippen LogP contribution in [-0.4, -0.2) is 43.3 Å². The number of aryl methyl sites for hydroxylation is 1. The molecule has 1 atom stereocenters. The van der Waals surface area contributed by atoms with Crippen LogP contribution < -0.4 is 9.64 Å². The minimum atomic E-state index is 0.372. The van der Waals surface area contributed by atoms with Gasteiger partial charge in [0.05, 0.1) is 7.11 Å². The van der Waals surface area contributed by atoms with E-state index in [9.17, 15) is 5.11 Å². The van der Waals surface area contributed by atoms with Gasteiger partial charge in [0, 0.05) is 31.4 Å². The molecule has 4 heteroatoms. The van der Waals surface area contributed by atoms with E-state index in [-0.39, 0.29) is 0 Å². The van der Waals surface area contributed by atoms with E-state index >= 15 is 0 Å². The van der Waals surface area contributed by atoms with Gasteiger partial charge in [-0.15, -0.1) is 0 Å². The van der Waals surface area contributed by atoms with Crippen LogP contribution in [0.4, 0.5) is 5.69 Å². The summed E-state index contributed by atoms with van der Waals surface area (Å²) in [5.74, 6) is 1.74. The zero-order valence-corrected chi connectivity index (χ0v) is 22.6. The quantitative estimate of drug-likeness (QED) is 0.355. The van der Waals surface area contributed by atoms with E-state index in [1.54, 1.807) is 7.11 Å². The molecule has 0 amide bonds. The number of ether oxygens (including phenoxy) is 1. The number of fused-ring (bicyclic) bond motifs is 1. The molecule has 0 radical (unpaired) electrons. The molecule has 5 rings (SSSR count). The Balaban J connectivity index is 1.31. The van der Waals surface area contributed by atoms with Crippen LogP contribution in [0.15, 0.2) is 60.7 Å². The van der Waals surface area contributed by atoms with Crippen molar-refractivity contribution in [3.8, 4) is 11.5 Å². The molecule has 0 saturated carbocycles. The number of anilines is 1. The zero-order valence-electron chi connectivity index (χ0n) is 22.6. The lowest BCUT2D eigenvalue weighted by molar-refractivity contribution is 0.231. The summed E-state index contributed by atoms with van der Waals surface area (Å²) in [4.78, 5) is 5.11. The fourth-order valence-electron chi connectivity index (χ4n) is 6.15. The first kappa shape index (κ1) is 25.7. The summed E-state index contributed by atoms with van der Waals surface area (Å²) in [5, 5.41) is 9.90. The van der Waals surface area contributed by atoms with Gasteiger partial charge in [-0.1, -0.05) is 42.8 Å². The van der Waals surface area contributed by atoms with Crippen LogP contribution in [-0.2, 0) is 25.8 Å². The molecule has 1 heterocycles. The number of nitrogens with zero attached hydrogens (tertiary/aromatic N) is 2. The molecule has 3 aromatic rings. The fraction of sp³-hybridized carbons (Fsp3) is 0.455. The molecular formula is C33H42N2O2. The molecule has 0 spiro atoms. The van der Waals surface area contributed by atoms with Crippen LogP contribution in [0.25, 0.3) is 0 Å². The summed E-state index contributed by atoms with van der Waals surface area (Å²) in [6, 6.07) is 21.8. The molecule has 1 aliphatic carbocycles. The van der Waals surface area contributed by atoms with Crippen LogP contribution in [0.5, 0.6) is 11.5 Å². The number of piperidine rings is 1. The molecule has 1 saturated heterocycles. The molecule has 1 N–H and O–H groups in total. The van der Waals surface area contributed by atoms with Crippen molar-refractivity contribution in [2.24, 2.45) is 0 Å². The molecule has 0 unspecified atom stereocenters. The average molecular weight is 499 g/mol. The summed E-state index contributed by atoms with van der Waals surface area (Å²) in [7, 11) is 1.75. The lowest BCUT2D eigenvalue weighted by Crippen LogP contribution is -2.31. The number of benzene rings is 3. The second kappa shape index (κ2) is 12.0. The van der Waals surface area contributed by atoms with E-state index in [1.165, 1.54) is 72.4 Å². The monoisotopic (exact) mass is 498 g/mol. The molecule has 196 valence electrons. The van der Waals surface area contributed by atoms with E-state index in [2.05, 4.69) is 65.3 Å². The first-order valence-corrected chi connectivity index (χ1v) is 14.2. The molecule has 0 aromatic heterocycles. The highest BCUT2D eigenvalue weighted by Gasteiger charge is 2.24. The topological polar surface area (TPSA) is 35.9 Å². The smallest absolute Gasteiger partial charge is 0.120 e. The lowest BCUT2D eigenvalue weighted by Gasteiger charge is -2.32. The van der Waals surface area contributed by atoms with E-state index in [4.69, 9.17) is 4.74 Å². The number of likely N-dealkylation sites (tertiary alicyclic amines) is 1. The molecule has 3 aromatic carbocycles. The van der Waals surface area contributed by atoms with Gasteiger partial charge in [-0.25, -0.2) is 0 Å². The molecule has 0 bridgehead atoms. The van der Waals surface area contributed by atoms with E-state index < -0.39 is 0 Å². The van der Waals surface area contributed by atoms with Gasteiger partial charge < -0.3 is 19.6 Å². The van der Waals surface area contributed by atoms with E-state index in [0.29, 0.717) is 11.7 Å².